The van der Waals surface area contributed by atoms with E-state index in [1.807, 2.05) is 19.2 Å². The molecule has 2 aliphatic rings. The number of ether oxygens (including phenoxy) is 2. The van der Waals surface area contributed by atoms with Gasteiger partial charge in [0, 0.05) is 33.7 Å². The molecule has 1 aromatic carbocycles. The normalized spacial score (nSPS) is 21.7. The summed E-state index contributed by atoms with van der Waals surface area (Å²) in [4.78, 5) is 4.38. The third-order valence-corrected chi connectivity index (χ3v) is 5.57. The van der Waals surface area contributed by atoms with Gasteiger partial charge in [0.2, 0.25) is 0 Å². The van der Waals surface area contributed by atoms with Crippen molar-refractivity contribution >= 4 is 5.96 Å². The number of rotatable bonds is 7. The van der Waals surface area contributed by atoms with Crippen molar-refractivity contribution in [3.63, 3.8) is 0 Å². The zero-order valence-electron chi connectivity index (χ0n) is 15.5. The van der Waals surface area contributed by atoms with Crippen molar-refractivity contribution in [1.82, 2.24) is 10.6 Å². The quantitative estimate of drug-likeness (QED) is 0.589. The molecule has 0 spiro atoms. The minimum atomic E-state index is 0.171. The van der Waals surface area contributed by atoms with Crippen molar-refractivity contribution in [2.24, 2.45) is 10.4 Å². The Labute approximate surface area is 151 Å². The lowest BCUT2D eigenvalue weighted by molar-refractivity contribution is 0.138. The van der Waals surface area contributed by atoms with Gasteiger partial charge >= 0.3 is 0 Å². The van der Waals surface area contributed by atoms with Gasteiger partial charge in [-0.2, -0.15) is 0 Å². The van der Waals surface area contributed by atoms with Gasteiger partial charge in [0.05, 0.1) is 6.54 Å². The van der Waals surface area contributed by atoms with Gasteiger partial charge in [-0.15, -0.1) is 0 Å². The first-order chi connectivity index (χ1) is 12.2. The summed E-state index contributed by atoms with van der Waals surface area (Å²) in [7, 11) is 3.62. The summed E-state index contributed by atoms with van der Waals surface area (Å²) in [5, 5.41) is 6.96. The molecule has 1 aromatic rings. The van der Waals surface area contributed by atoms with Gasteiger partial charge in [-0.25, -0.2) is 0 Å². The highest BCUT2D eigenvalue weighted by Gasteiger charge is 2.33. The van der Waals surface area contributed by atoms with Crippen LogP contribution in [0.4, 0.5) is 0 Å². The van der Waals surface area contributed by atoms with Gasteiger partial charge in [-0.3, -0.25) is 4.99 Å². The number of para-hydroxylation sites is 1. The highest BCUT2D eigenvalue weighted by atomic mass is 16.5. The van der Waals surface area contributed by atoms with Crippen molar-refractivity contribution in [3.05, 3.63) is 29.8 Å². The monoisotopic (exact) mass is 345 g/mol. The van der Waals surface area contributed by atoms with Gasteiger partial charge in [0.1, 0.15) is 11.9 Å². The minimum absolute atomic E-state index is 0.171. The number of aliphatic imine (C=N–C) groups is 1. The number of benzene rings is 1. The fourth-order valence-electron chi connectivity index (χ4n) is 4.03. The Morgan fingerprint density at radius 2 is 2.08 bits per heavy atom. The Balaban J connectivity index is 1.45. The Morgan fingerprint density at radius 1 is 1.28 bits per heavy atom. The van der Waals surface area contributed by atoms with Gasteiger partial charge in [-0.1, -0.05) is 31.0 Å². The summed E-state index contributed by atoms with van der Waals surface area (Å²) < 4.78 is 11.3. The number of methoxy groups -OCH3 is 1. The Kier molecular flexibility index (Phi) is 6.19. The average Bonchev–Trinajstić information content (AvgIpc) is 3.27. The van der Waals surface area contributed by atoms with Crippen LogP contribution in [0.2, 0.25) is 0 Å². The third-order valence-electron chi connectivity index (χ3n) is 5.57. The lowest BCUT2D eigenvalue weighted by atomic mass is 9.83. The predicted octanol–water partition coefficient (Wildman–Crippen LogP) is 2.75. The van der Waals surface area contributed by atoms with Crippen LogP contribution < -0.4 is 15.4 Å². The Hall–Kier alpha value is -1.75. The van der Waals surface area contributed by atoms with E-state index in [9.17, 15) is 0 Å². The summed E-state index contributed by atoms with van der Waals surface area (Å²) in [6.45, 7) is 2.56. The van der Waals surface area contributed by atoms with E-state index in [0.29, 0.717) is 5.41 Å². The zero-order chi connectivity index (χ0) is 17.5. The van der Waals surface area contributed by atoms with Crippen LogP contribution in [0.1, 0.15) is 37.7 Å². The average molecular weight is 345 g/mol. The highest BCUT2D eigenvalue weighted by Crippen LogP contribution is 2.40. The van der Waals surface area contributed by atoms with Crippen LogP contribution in [0.15, 0.2) is 29.3 Å². The van der Waals surface area contributed by atoms with Crippen LogP contribution >= 0.6 is 0 Å². The molecule has 3 rings (SSSR count). The molecule has 1 unspecified atom stereocenters. The first-order valence-corrected chi connectivity index (χ1v) is 9.43. The van der Waals surface area contributed by atoms with E-state index >= 15 is 0 Å². The first-order valence-electron chi connectivity index (χ1n) is 9.43. The summed E-state index contributed by atoms with van der Waals surface area (Å²) in [5.74, 6) is 1.88. The number of nitrogens with one attached hydrogen (secondary N) is 2. The van der Waals surface area contributed by atoms with Crippen molar-refractivity contribution in [2.75, 3.05) is 33.9 Å². The second kappa shape index (κ2) is 8.56. The smallest absolute Gasteiger partial charge is 0.191 e. The summed E-state index contributed by atoms with van der Waals surface area (Å²) in [6, 6.07) is 8.28. The van der Waals surface area contributed by atoms with E-state index in [4.69, 9.17) is 9.47 Å². The number of fused-ring (bicyclic) bond motifs is 1. The van der Waals surface area contributed by atoms with Gasteiger partial charge < -0.3 is 20.1 Å². The zero-order valence-corrected chi connectivity index (χ0v) is 15.5. The maximum absolute atomic E-state index is 5.99. The third kappa shape index (κ3) is 4.66. The van der Waals surface area contributed by atoms with Crippen molar-refractivity contribution in [3.8, 4) is 5.75 Å². The van der Waals surface area contributed by atoms with Crippen molar-refractivity contribution in [1.29, 1.82) is 0 Å². The van der Waals surface area contributed by atoms with E-state index < -0.39 is 0 Å². The second-order valence-electron chi connectivity index (χ2n) is 7.31. The molecule has 0 saturated heterocycles. The van der Waals surface area contributed by atoms with Crippen LogP contribution in [0, 0.1) is 5.41 Å². The molecule has 5 nitrogen and oxygen atoms in total. The fourth-order valence-corrected chi connectivity index (χ4v) is 4.03. The molecular weight excluding hydrogens is 314 g/mol. The first kappa shape index (κ1) is 18.1. The standard InChI is InChI=1S/C20H31N3O2/c1-21-19(23-15-20(11-12-24-2)9-5-6-10-20)22-14-17-13-16-7-3-4-8-18(16)25-17/h3-4,7-8,17H,5-6,9-15H2,1-2H3,(H2,21,22,23). The lowest BCUT2D eigenvalue weighted by Crippen LogP contribution is -2.46. The molecule has 1 aliphatic heterocycles. The molecule has 2 N–H and O–H groups in total. The van der Waals surface area contributed by atoms with Crippen LogP contribution in [0.25, 0.3) is 0 Å². The molecule has 0 bridgehead atoms. The fraction of sp³-hybridized carbons (Fsp3) is 0.650. The number of guanidine groups is 1. The molecule has 1 aliphatic carbocycles. The molecule has 0 radical (unpaired) electrons. The molecule has 1 saturated carbocycles. The van der Waals surface area contributed by atoms with Crippen molar-refractivity contribution in [2.45, 2.75) is 44.6 Å². The number of hydrogen-bond acceptors (Lipinski definition) is 3. The molecule has 25 heavy (non-hydrogen) atoms. The Morgan fingerprint density at radius 3 is 2.80 bits per heavy atom. The molecule has 138 valence electrons. The molecule has 0 amide bonds. The molecule has 5 heteroatoms. The molecular formula is C20H31N3O2. The number of hydrogen-bond donors (Lipinski definition) is 2. The lowest BCUT2D eigenvalue weighted by Gasteiger charge is -2.30. The molecule has 0 aromatic heterocycles. The maximum Gasteiger partial charge on any atom is 0.191 e. The maximum atomic E-state index is 5.99. The SMILES string of the molecule is CN=C(NCC1Cc2ccccc2O1)NCC1(CCOC)CCCC1. The van der Waals surface area contributed by atoms with Crippen LogP contribution in [-0.2, 0) is 11.2 Å². The van der Waals surface area contributed by atoms with E-state index in [-0.39, 0.29) is 6.10 Å². The van der Waals surface area contributed by atoms with E-state index in [2.05, 4.69) is 27.8 Å². The molecule has 1 heterocycles. The van der Waals surface area contributed by atoms with Crippen LogP contribution in [0.5, 0.6) is 5.75 Å². The van der Waals surface area contributed by atoms with Gasteiger partial charge in [-0.05, 0) is 36.3 Å². The molecule has 1 atom stereocenters. The predicted molar refractivity (Wildman–Crippen MR) is 101 cm³/mol. The van der Waals surface area contributed by atoms with Crippen LogP contribution in [-0.4, -0.2) is 45.9 Å². The molecule has 1 fully saturated rings. The van der Waals surface area contributed by atoms with Crippen molar-refractivity contribution < 1.29 is 9.47 Å². The summed E-state index contributed by atoms with van der Waals surface area (Å²) in [5.41, 5.74) is 1.65. The topological polar surface area (TPSA) is 54.9 Å². The minimum Gasteiger partial charge on any atom is -0.488 e. The summed E-state index contributed by atoms with van der Waals surface area (Å²) in [6.07, 6.45) is 7.46. The van der Waals surface area contributed by atoms with Crippen LogP contribution in [0.3, 0.4) is 0 Å². The number of nitrogens with zero attached hydrogens (tertiary/aromatic N) is 1. The van der Waals surface area contributed by atoms with E-state index in [0.717, 1.165) is 44.2 Å². The van der Waals surface area contributed by atoms with E-state index in [1.54, 1.807) is 7.11 Å². The van der Waals surface area contributed by atoms with Gasteiger partial charge in [0.15, 0.2) is 5.96 Å². The highest BCUT2D eigenvalue weighted by molar-refractivity contribution is 5.79. The largest absolute Gasteiger partial charge is 0.488 e. The Bertz CT molecular complexity index is 557. The van der Waals surface area contributed by atoms with Gasteiger partial charge in [0.25, 0.3) is 0 Å². The second-order valence-corrected chi connectivity index (χ2v) is 7.31. The van der Waals surface area contributed by atoms with E-state index in [1.165, 1.54) is 31.2 Å². The summed E-state index contributed by atoms with van der Waals surface area (Å²) >= 11 is 0.